The maximum Gasteiger partial charge on any atom is 0.323 e. The maximum absolute atomic E-state index is 12.8. The van der Waals surface area contributed by atoms with Crippen LogP contribution in [0.15, 0.2) is 28.8 Å². The molecule has 0 aliphatic heterocycles. The normalized spacial score (nSPS) is 13.9. The number of rotatable bonds is 6. The summed E-state index contributed by atoms with van der Waals surface area (Å²) in [7, 11) is 0. The van der Waals surface area contributed by atoms with Crippen molar-refractivity contribution in [2.75, 3.05) is 0 Å². The summed E-state index contributed by atoms with van der Waals surface area (Å²) in [4.78, 5) is 15.3. The minimum Gasteiger partial charge on any atom is -0.480 e. The molecule has 2 N–H and O–H groups in total. The van der Waals surface area contributed by atoms with Crippen LogP contribution in [0.2, 0.25) is 0 Å². The highest BCUT2D eigenvalue weighted by molar-refractivity contribution is 5.78. The third kappa shape index (κ3) is 3.43. The Kier molecular flexibility index (Phi) is 4.32. The molecule has 1 aromatic carbocycles. The molecule has 1 heterocycles. The average Bonchev–Trinajstić information content (AvgIpc) is 2.94. The van der Waals surface area contributed by atoms with E-state index in [2.05, 4.69) is 15.5 Å². The molecular formula is C14H16FN3O3. The number of hydrogen-bond acceptors (Lipinski definition) is 5. The Morgan fingerprint density at radius 2 is 2.10 bits per heavy atom. The summed E-state index contributed by atoms with van der Waals surface area (Å²) in [6.07, 6.45) is 0.422. The van der Waals surface area contributed by atoms with E-state index in [9.17, 15) is 9.18 Å². The Morgan fingerprint density at radius 1 is 1.43 bits per heavy atom. The Labute approximate surface area is 121 Å². The van der Waals surface area contributed by atoms with Crippen molar-refractivity contribution in [2.24, 2.45) is 0 Å². The lowest BCUT2D eigenvalue weighted by Crippen LogP contribution is -2.48. The largest absolute Gasteiger partial charge is 0.480 e. The van der Waals surface area contributed by atoms with Crippen LogP contribution in [0.5, 0.6) is 0 Å². The van der Waals surface area contributed by atoms with Crippen LogP contribution in [-0.4, -0.2) is 26.8 Å². The second-order valence-electron chi connectivity index (χ2n) is 4.87. The number of carbonyl (C=O) groups is 1. The molecule has 0 amide bonds. The fraction of sp³-hybridized carbons (Fsp3) is 0.357. The van der Waals surface area contributed by atoms with Crippen molar-refractivity contribution in [1.29, 1.82) is 0 Å². The van der Waals surface area contributed by atoms with Gasteiger partial charge in [-0.1, -0.05) is 12.1 Å². The minimum absolute atomic E-state index is 0.168. The molecule has 0 spiro atoms. The highest BCUT2D eigenvalue weighted by Crippen LogP contribution is 2.18. The summed E-state index contributed by atoms with van der Waals surface area (Å²) in [5.41, 5.74) is -0.442. The number of carboxylic acid groups (broad SMARTS) is 1. The summed E-state index contributed by atoms with van der Waals surface area (Å²) < 4.78 is 17.9. The van der Waals surface area contributed by atoms with E-state index in [1.165, 1.54) is 24.3 Å². The van der Waals surface area contributed by atoms with E-state index in [-0.39, 0.29) is 18.3 Å². The lowest BCUT2D eigenvalue weighted by atomic mass is 9.99. The van der Waals surface area contributed by atoms with Gasteiger partial charge in [0.05, 0.1) is 6.54 Å². The van der Waals surface area contributed by atoms with Crippen molar-refractivity contribution in [3.05, 3.63) is 35.9 Å². The van der Waals surface area contributed by atoms with Crippen molar-refractivity contribution in [2.45, 2.75) is 32.4 Å². The van der Waals surface area contributed by atoms with Crippen LogP contribution in [0.3, 0.4) is 0 Å². The van der Waals surface area contributed by atoms with Gasteiger partial charge in [0.15, 0.2) is 5.82 Å². The molecule has 0 aliphatic rings. The molecule has 21 heavy (non-hydrogen) atoms. The van der Waals surface area contributed by atoms with Gasteiger partial charge in [0.2, 0.25) is 0 Å². The molecule has 2 rings (SSSR count). The number of carboxylic acids is 1. The molecule has 1 aromatic heterocycles. The predicted molar refractivity (Wildman–Crippen MR) is 72.9 cm³/mol. The fourth-order valence-corrected chi connectivity index (χ4v) is 1.66. The molecule has 1 atom stereocenters. The fourth-order valence-electron chi connectivity index (χ4n) is 1.66. The van der Waals surface area contributed by atoms with Crippen molar-refractivity contribution in [3.8, 4) is 11.5 Å². The van der Waals surface area contributed by atoms with E-state index in [0.717, 1.165) is 0 Å². The number of nitrogens with one attached hydrogen (secondary N) is 1. The van der Waals surface area contributed by atoms with Crippen molar-refractivity contribution in [3.63, 3.8) is 0 Å². The lowest BCUT2D eigenvalue weighted by Gasteiger charge is -2.23. The molecule has 0 fully saturated rings. The minimum atomic E-state index is -1.04. The molecule has 0 radical (unpaired) electrons. The van der Waals surface area contributed by atoms with Crippen molar-refractivity contribution < 1.29 is 18.8 Å². The summed E-state index contributed by atoms with van der Waals surface area (Å²) in [6.45, 7) is 3.54. The summed E-state index contributed by atoms with van der Waals surface area (Å²) in [5.74, 6) is -0.678. The lowest BCUT2D eigenvalue weighted by molar-refractivity contribution is -0.144. The molecule has 6 nitrogen and oxygen atoms in total. The van der Waals surface area contributed by atoms with E-state index >= 15 is 0 Å². The number of hydrogen-bond donors (Lipinski definition) is 2. The molecule has 0 saturated heterocycles. The molecule has 0 saturated carbocycles. The number of halogens is 1. The number of aromatic nitrogens is 2. The Hall–Kier alpha value is -2.28. The zero-order valence-corrected chi connectivity index (χ0v) is 11.8. The van der Waals surface area contributed by atoms with Crippen molar-refractivity contribution >= 4 is 5.97 Å². The monoisotopic (exact) mass is 293 g/mol. The van der Waals surface area contributed by atoms with Crippen LogP contribution in [0.25, 0.3) is 11.5 Å². The van der Waals surface area contributed by atoms with Crippen molar-refractivity contribution in [1.82, 2.24) is 15.5 Å². The van der Waals surface area contributed by atoms with Crippen LogP contribution < -0.4 is 5.32 Å². The first-order valence-electron chi connectivity index (χ1n) is 6.51. The maximum atomic E-state index is 12.8. The van der Waals surface area contributed by atoms with Crippen LogP contribution in [0.4, 0.5) is 4.39 Å². The molecule has 2 aromatic rings. The molecule has 7 heteroatoms. The van der Waals surface area contributed by atoms with Crippen LogP contribution in [0.1, 0.15) is 26.1 Å². The van der Waals surface area contributed by atoms with E-state index in [1.807, 2.05) is 0 Å². The highest BCUT2D eigenvalue weighted by atomic mass is 19.1. The van der Waals surface area contributed by atoms with Gasteiger partial charge in [-0.25, -0.2) is 4.39 Å². The van der Waals surface area contributed by atoms with Gasteiger partial charge in [-0.3, -0.25) is 10.1 Å². The summed E-state index contributed by atoms with van der Waals surface area (Å²) in [6, 6.07) is 5.67. The van der Waals surface area contributed by atoms with E-state index in [0.29, 0.717) is 17.8 Å². The van der Waals surface area contributed by atoms with Gasteiger partial charge in [0.25, 0.3) is 5.89 Å². The standard InChI is InChI=1S/C14H16FN3O3/c1-3-14(2,13(19)20)16-8-11-17-12(21-18-11)9-4-6-10(15)7-5-9/h4-7,16H,3,8H2,1-2H3,(H,19,20). The van der Waals surface area contributed by atoms with Gasteiger partial charge >= 0.3 is 5.97 Å². The van der Waals surface area contributed by atoms with Gasteiger partial charge in [0.1, 0.15) is 11.4 Å². The van der Waals surface area contributed by atoms with E-state index in [1.54, 1.807) is 13.8 Å². The first-order valence-corrected chi connectivity index (χ1v) is 6.51. The third-order valence-corrected chi connectivity index (χ3v) is 3.38. The molecule has 112 valence electrons. The molecule has 0 aliphatic carbocycles. The quantitative estimate of drug-likeness (QED) is 0.849. The van der Waals surface area contributed by atoms with E-state index in [4.69, 9.17) is 9.63 Å². The van der Waals surface area contributed by atoms with Gasteiger partial charge < -0.3 is 9.63 Å². The highest BCUT2D eigenvalue weighted by Gasteiger charge is 2.30. The third-order valence-electron chi connectivity index (χ3n) is 3.38. The van der Waals surface area contributed by atoms with E-state index < -0.39 is 11.5 Å². The summed E-state index contributed by atoms with van der Waals surface area (Å²) in [5, 5.41) is 15.8. The second-order valence-corrected chi connectivity index (χ2v) is 4.87. The van der Waals surface area contributed by atoms with Crippen LogP contribution in [-0.2, 0) is 11.3 Å². The predicted octanol–water partition coefficient (Wildman–Crippen LogP) is 2.22. The second kappa shape index (κ2) is 6.01. The first kappa shape index (κ1) is 15.1. The van der Waals surface area contributed by atoms with Gasteiger partial charge in [0, 0.05) is 5.56 Å². The number of benzene rings is 1. The van der Waals surface area contributed by atoms with Gasteiger partial charge in [-0.15, -0.1) is 0 Å². The van der Waals surface area contributed by atoms with Gasteiger partial charge in [-0.2, -0.15) is 4.98 Å². The molecule has 0 bridgehead atoms. The molecular weight excluding hydrogens is 277 g/mol. The Morgan fingerprint density at radius 3 is 2.67 bits per heavy atom. The Balaban J connectivity index is 2.07. The Bertz CT molecular complexity index is 627. The smallest absolute Gasteiger partial charge is 0.323 e. The topological polar surface area (TPSA) is 88.3 Å². The van der Waals surface area contributed by atoms with Crippen LogP contribution >= 0.6 is 0 Å². The number of aliphatic carboxylic acids is 1. The zero-order chi connectivity index (χ0) is 15.5. The average molecular weight is 293 g/mol. The summed E-state index contributed by atoms with van der Waals surface area (Å²) >= 11 is 0. The first-order chi connectivity index (χ1) is 9.94. The molecule has 1 unspecified atom stereocenters. The van der Waals surface area contributed by atoms with Crippen LogP contribution in [0, 0.1) is 5.82 Å². The zero-order valence-electron chi connectivity index (χ0n) is 11.8. The SMILES string of the molecule is CCC(C)(NCc1noc(-c2ccc(F)cc2)n1)C(=O)O. The van der Waals surface area contributed by atoms with Gasteiger partial charge in [-0.05, 0) is 37.6 Å². The number of nitrogens with zero attached hydrogens (tertiary/aromatic N) is 2.